The molecule has 3 aromatic rings. The molecule has 0 unspecified atom stereocenters. The normalized spacial score (nSPS) is 10.7. The molecule has 152 valence electrons. The fourth-order valence-corrected chi connectivity index (χ4v) is 3.26. The minimum absolute atomic E-state index is 0.528. The van der Waals surface area contributed by atoms with Gasteiger partial charge in [-0.05, 0) is 67.8 Å². The molecule has 3 aromatic carbocycles. The lowest BCUT2D eigenvalue weighted by Crippen LogP contribution is -2.16. The smallest absolute Gasteiger partial charge is 0.161 e. The minimum Gasteiger partial charge on any atom is -0.490 e. The largest absolute Gasteiger partial charge is 0.490 e. The van der Waals surface area contributed by atoms with Gasteiger partial charge in [0.1, 0.15) is 6.61 Å². The highest BCUT2D eigenvalue weighted by molar-refractivity contribution is 6.30. The van der Waals surface area contributed by atoms with Crippen molar-refractivity contribution in [3.05, 3.63) is 94.0 Å². The van der Waals surface area contributed by atoms with E-state index in [1.165, 1.54) is 16.7 Å². The van der Waals surface area contributed by atoms with Gasteiger partial charge in [0.25, 0.3) is 0 Å². The van der Waals surface area contributed by atoms with Crippen LogP contribution < -0.4 is 14.8 Å². The van der Waals surface area contributed by atoms with Crippen LogP contribution in [-0.4, -0.2) is 13.2 Å². The van der Waals surface area contributed by atoms with Crippen LogP contribution in [0.5, 0.6) is 11.5 Å². The quantitative estimate of drug-likeness (QED) is 0.419. The molecular weight excluding hydrogens is 382 g/mol. The van der Waals surface area contributed by atoms with Gasteiger partial charge in [-0.1, -0.05) is 59.6 Å². The van der Waals surface area contributed by atoms with Gasteiger partial charge in [0.2, 0.25) is 0 Å². The molecule has 0 atom stereocenters. The predicted octanol–water partition coefficient (Wildman–Crippen LogP) is 5.96. The molecule has 0 aliphatic carbocycles. The number of ether oxygens (including phenoxy) is 2. The van der Waals surface area contributed by atoms with E-state index in [1.807, 2.05) is 25.1 Å². The van der Waals surface area contributed by atoms with Gasteiger partial charge in [0.05, 0.1) is 6.61 Å². The molecule has 4 heteroatoms. The maximum Gasteiger partial charge on any atom is 0.161 e. The molecular formula is C25H28ClNO2. The summed E-state index contributed by atoms with van der Waals surface area (Å²) in [5.41, 5.74) is 4.83. The third-order valence-corrected chi connectivity index (χ3v) is 4.87. The highest BCUT2D eigenvalue weighted by Crippen LogP contribution is 2.29. The zero-order valence-corrected chi connectivity index (χ0v) is 17.8. The zero-order valence-electron chi connectivity index (χ0n) is 17.1. The van der Waals surface area contributed by atoms with Crippen LogP contribution in [0.4, 0.5) is 0 Å². The van der Waals surface area contributed by atoms with E-state index in [1.54, 1.807) is 0 Å². The van der Waals surface area contributed by atoms with Gasteiger partial charge in [-0.15, -0.1) is 0 Å². The van der Waals surface area contributed by atoms with Crippen molar-refractivity contribution in [2.45, 2.75) is 33.4 Å². The third-order valence-electron chi connectivity index (χ3n) is 4.62. The first-order chi connectivity index (χ1) is 14.1. The Morgan fingerprint density at radius 2 is 1.62 bits per heavy atom. The van der Waals surface area contributed by atoms with Crippen LogP contribution in [0.1, 0.15) is 29.2 Å². The summed E-state index contributed by atoms with van der Waals surface area (Å²) in [6.45, 7) is 6.89. The van der Waals surface area contributed by atoms with Gasteiger partial charge < -0.3 is 14.8 Å². The maximum absolute atomic E-state index is 6.02. The van der Waals surface area contributed by atoms with Crippen LogP contribution >= 0.6 is 11.6 Å². The second kappa shape index (κ2) is 10.9. The van der Waals surface area contributed by atoms with Gasteiger partial charge >= 0.3 is 0 Å². The summed E-state index contributed by atoms with van der Waals surface area (Å²) in [4.78, 5) is 0. The topological polar surface area (TPSA) is 30.5 Å². The Labute approximate surface area is 178 Å². The number of hydrogen-bond acceptors (Lipinski definition) is 3. The average molecular weight is 410 g/mol. The van der Waals surface area contributed by atoms with Crippen LogP contribution in [0.3, 0.4) is 0 Å². The van der Waals surface area contributed by atoms with Crippen molar-refractivity contribution in [1.29, 1.82) is 0 Å². The van der Waals surface area contributed by atoms with E-state index < -0.39 is 0 Å². The Bertz CT molecular complexity index is 909. The van der Waals surface area contributed by atoms with Crippen LogP contribution in [0.15, 0.2) is 66.7 Å². The molecule has 0 fully saturated rings. The van der Waals surface area contributed by atoms with E-state index >= 15 is 0 Å². The Hall–Kier alpha value is -2.49. The zero-order chi connectivity index (χ0) is 20.5. The van der Waals surface area contributed by atoms with Crippen LogP contribution in [0, 0.1) is 6.92 Å². The van der Waals surface area contributed by atoms with Crippen molar-refractivity contribution in [3.8, 4) is 11.5 Å². The number of rotatable bonds is 10. The summed E-state index contributed by atoms with van der Waals surface area (Å²) in [6.07, 6.45) is 0.965. The molecule has 0 aliphatic heterocycles. The van der Waals surface area contributed by atoms with Crippen molar-refractivity contribution in [3.63, 3.8) is 0 Å². The summed E-state index contributed by atoms with van der Waals surface area (Å²) >= 11 is 5.93. The maximum atomic E-state index is 6.02. The molecule has 0 aliphatic rings. The van der Waals surface area contributed by atoms with Crippen molar-refractivity contribution < 1.29 is 9.47 Å². The Morgan fingerprint density at radius 1 is 0.828 bits per heavy atom. The lowest BCUT2D eigenvalue weighted by Gasteiger charge is -2.14. The van der Waals surface area contributed by atoms with E-state index in [2.05, 4.69) is 60.8 Å². The molecule has 0 saturated carbocycles. The fraction of sp³-hybridized carbons (Fsp3) is 0.280. The average Bonchev–Trinajstić information content (AvgIpc) is 2.72. The third kappa shape index (κ3) is 6.81. The first kappa shape index (κ1) is 21.2. The van der Waals surface area contributed by atoms with Crippen LogP contribution in [-0.2, 0) is 19.6 Å². The van der Waals surface area contributed by atoms with Crippen molar-refractivity contribution >= 4 is 11.6 Å². The van der Waals surface area contributed by atoms with E-state index in [0.717, 1.165) is 41.6 Å². The summed E-state index contributed by atoms with van der Waals surface area (Å²) < 4.78 is 11.8. The predicted molar refractivity (Wildman–Crippen MR) is 120 cm³/mol. The standard InChI is InChI=1S/C25H28ClNO2/c1-3-28-25-16-21(17-27-14-13-20-7-10-23(26)11-8-20)9-12-24(25)29-18-22-6-4-5-19(2)15-22/h4-12,15-16,27H,3,13-14,17-18H2,1-2H3. The lowest BCUT2D eigenvalue weighted by atomic mass is 10.1. The van der Waals surface area contributed by atoms with Crippen molar-refractivity contribution in [2.24, 2.45) is 0 Å². The summed E-state index contributed by atoms with van der Waals surface area (Å²) in [5.74, 6) is 1.57. The van der Waals surface area contributed by atoms with Crippen molar-refractivity contribution in [1.82, 2.24) is 5.32 Å². The highest BCUT2D eigenvalue weighted by Gasteiger charge is 2.07. The fourth-order valence-electron chi connectivity index (χ4n) is 3.13. The molecule has 0 radical (unpaired) electrons. The molecule has 0 aromatic heterocycles. The van der Waals surface area contributed by atoms with Gasteiger partial charge in [-0.2, -0.15) is 0 Å². The van der Waals surface area contributed by atoms with Crippen LogP contribution in [0.2, 0.25) is 5.02 Å². The molecule has 0 saturated heterocycles. The first-order valence-electron chi connectivity index (χ1n) is 10.0. The molecule has 0 heterocycles. The lowest BCUT2D eigenvalue weighted by molar-refractivity contribution is 0.269. The molecule has 1 N–H and O–H groups in total. The summed E-state index contributed by atoms with van der Waals surface area (Å²) in [6, 6.07) is 22.5. The first-order valence-corrected chi connectivity index (χ1v) is 10.4. The summed E-state index contributed by atoms with van der Waals surface area (Å²) in [5, 5.41) is 4.26. The van der Waals surface area contributed by atoms with Crippen molar-refractivity contribution in [2.75, 3.05) is 13.2 Å². The molecule has 0 spiro atoms. The number of nitrogens with one attached hydrogen (secondary N) is 1. The highest BCUT2D eigenvalue weighted by atomic mass is 35.5. The minimum atomic E-state index is 0.528. The van der Waals surface area contributed by atoms with Crippen LogP contribution in [0.25, 0.3) is 0 Å². The van der Waals surface area contributed by atoms with E-state index in [0.29, 0.717) is 13.2 Å². The molecule has 3 rings (SSSR count). The Morgan fingerprint density at radius 3 is 2.38 bits per heavy atom. The van der Waals surface area contributed by atoms with E-state index in [-0.39, 0.29) is 0 Å². The summed E-state index contributed by atoms with van der Waals surface area (Å²) in [7, 11) is 0. The second-order valence-electron chi connectivity index (χ2n) is 7.05. The molecule has 0 bridgehead atoms. The van der Waals surface area contributed by atoms with Gasteiger partial charge in [0.15, 0.2) is 11.5 Å². The Balaban J connectivity index is 1.54. The molecule has 3 nitrogen and oxygen atoms in total. The molecule has 29 heavy (non-hydrogen) atoms. The van der Waals surface area contributed by atoms with E-state index in [9.17, 15) is 0 Å². The number of halogens is 1. The number of aryl methyl sites for hydroxylation is 1. The second-order valence-corrected chi connectivity index (χ2v) is 7.48. The number of hydrogen-bond donors (Lipinski definition) is 1. The van der Waals surface area contributed by atoms with Gasteiger partial charge in [-0.25, -0.2) is 0 Å². The number of benzene rings is 3. The monoisotopic (exact) mass is 409 g/mol. The van der Waals surface area contributed by atoms with E-state index in [4.69, 9.17) is 21.1 Å². The SMILES string of the molecule is CCOc1cc(CNCCc2ccc(Cl)cc2)ccc1OCc1cccc(C)c1. The molecule has 0 amide bonds. The van der Waals surface area contributed by atoms with Gasteiger partial charge in [-0.3, -0.25) is 0 Å². The van der Waals surface area contributed by atoms with Gasteiger partial charge in [0, 0.05) is 11.6 Å². The Kier molecular flexibility index (Phi) is 7.97.